The summed E-state index contributed by atoms with van der Waals surface area (Å²) in [5.41, 5.74) is -0.286. The summed E-state index contributed by atoms with van der Waals surface area (Å²) in [6, 6.07) is 9.92. The minimum atomic E-state index is -0.286. The number of ether oxygens (including phenoxy) is 2. The van der Waals surface area contributed by atoms with Crippen molar-refractivity contribution in [3.63, 3.8) is 0 Å². The Morgan fingerprint density at radius 3 is 3.29 bits per heavy atom. The number of hydrogen-bond donors (Lipinski definition) is 0. The van der Waals surface area contributed by atoms with Gasteiger partial charge in [-0.3, -0.25) is 9.36 Å². The second-order valence-corrected chi connectivity index (χ2v) is 5.82. The van der Waals surface area contributed by atoms with Crippen molar-refractivity contribution in [2.45, 2.75) is 12.6 Å². The molecular formula is C15H12N2O3S. The Kier molecular flexibility index (Phi) is 2.89. The van der Waals surface area contributed by atoms with Crippen molar-refractivity contribution >= 4 is 21.4 Å². The lowest BCUT2D eigenvalue weighted by atomic mass is 10.2. The largest absolute Gasteiger partial charge is 0.490 e. The second kappa shape index (κ2) is 4.89. The number of aromatic nitrogens is 2. The van der Waals surface area contributed by atoms with Crippen LogP contribution < -0.4 is 15.0 Å². The van der Waals surface area contributed by atoms with E-state index in [-0.39, 0.29) is 11.7 Å². The Hall–Kier alpha value is -2.34. The van der Waals surface area contributed by atoms with Crippen molar-refractivity contribution in [3.05, 3.63) is 52.3 Å². The molecule has 4 rings (SSSR count). The van der Waals surface area contributed by atoms with Crippen molar-refractivity contribution in [2.24, 2.45) is 0 Å². The Morgan fingerprint density at radius 1 is 1.38 bits per heavy atom. The fourth-order valence-electron chi connectivity index (χ4n) is 2.35. The fraction of sp³-hybridized carbons (Fsp3) is 0.200. The maximum atomic E-state index is 11.2. The van der Waals surface area contributed by atoms with Crippen LogP contribution in [0.2, 0.25) is 0 Å². The first-order valence-electron chi connectivity index (χ1n) is 6.62. The van der Waals surface area contributed by atoms with E-state index in [2.05, 4.69) is 16.4 Å². The standard InChI is InChI=1S/C15H12N2O3S/c18-14-3-5-17-8-12(20-15(17)16-14)9-19-11-2-1-10-4-6-21-13(10)7-11/h1-7,12H,8-9H2. The van der Waals surface area contributed by atoms with E-state index in [4.69, 9.17) is 9.47 Å². The molecule has 3 aromatic rings. The molecule has 0 spiro atoms. The van der Waals surface area contributed by atoms with Crippen molar-refractivity contribution in [1.82, 2.24) is 9.55 Å². The number of rotatable bonds is 3. The Balaban J connectivity index is 1.45. The van der Waals surface area contributed by atoms with Crippen LogP contribution in [0.5, 0.6) is 11.8 Å². The summed E-state index contributed by atoms with van der Waals surface area (Å²) >= 11 is 1.69. The smallest absolute Gasteiger partial charge is 0.300 e. The zero-order chi connectivity index (χ0) is 14.2. The first kappa shape index (κ1) is 12.4. The second-order valence-electron chi connectivity index (χ2n) is 4.87. The first-order valence-corrected chi connectivity index (χ1v) is 7.50. The molecule has 0 saturated heterocycles. The Morgan fingerprint density at radius 2 is 2.33 bits per heavy atom. The van der Waals surface area contributed by atoms with E-state index in [1.165, 1.54) is 16.2 Å². The van der Waals surface area contributed by atoms with Gasteiger partial charge in [0, 0.05) is 17.0 Å². The summed E-state index contributed by atoms with van der Waals surface area (Å²) in [7, 11) is 0. The SMILES string of the molecule is O=c1ccn2c(n1)OC(COc1ccc3ccsc3c1)C2. The molecule has 1 aromatic carbocycles. The lowest BCUT2D eigenvalue weighted by Gasteiger charge is -2.11. The summed E-state index contributed by atoms with van der Waals surface area (Å²) in [6.45, 7) is 1.07. The zero-order valence-electron chi connectivity index (χ0n) is 11.1. The molecule has 0 saturated carbocycles. The molecule has 3 heterocycles. The summed E-state index contributed by atoms with van der Waals surface area (Å²) in [4.78, 5) is 15.0. The predicted molar refractivity (Wildman–Crippen MR) is 80.2 cm³/mol. The molecule has 106 valence electrons. The molecule has 0 bridgehead atoms. The zero-order valence-corrected chi connectivity index (χ0v) is 11.9. The van der Waals surface area contributed by atoms with Gasteiger partial charge in [-0.2, -0.15) is 4.98 Å². The summed E-state index contributed by atoms with van der Waals surface area (Å²) in [5, 5.41) is 3.29. The summed E-state index contributed by atoms with van der Waals surface area (Å²) < 4.78 is 14.4. The van der Waals surface area contributed by atoms with Crippen molar-refractivity contribution in [3.8, 4) is 11.8 Å². The minimum absolute atomic E-state index is 0.127. The molecule has 6 heteroatoms. The van der Waals surface area contributed by atoms with Crippen LogP contribution in [-0.2, 0) is 6.54 Å². The van der Waals surface area contributed by atoms with Gasteiger partial charge in [0.05, 0.1) is 6.54 Å². The maximum Gasteiger partial charge on any atom is 0.300 e. The van der Waals surface area contributed by atoms with Gasteiger partial charge in [-0.15, -0.1) is 11.3 Å². The van der Waals surface area contributed by atoms with E-state index in [0.29, 0.717) is 19.2 Å². The van der Waals surface area contributed by atoms with Gasteiger partial charge in [-0.1, -0.05) is 0 Å². The summed E-state index contributed by atoms with van der Waals surface area (Å²) in [6.07, 6.45) is 1.57. The molecule has 1 unspecified atom stereocenters. The Bertz CT molecular complexity index is 855. The van der Waals surface area contributed by atoms with Crippen LogP contribution in [0.25, 0.3) is 10.1 Å². The van der Waals surface area contributed by atoms with E-state index in [0.717, 1.165) is 5.75 Å². The predicted octanol–water partition coefficient (Wildman–Crippen LogP) is 2.30. The monoisotopic (exact) mass is 300 g/mol. The topological polar surface area (TPSA) is 53.4 Å². The molecule has 1 aliphatic heterocycles. The first-order chi connectivity index (χ1) is 10.3. The lowest BCUT2D eigenvalue weighted by Crippen LogP contribution is -2.23. The summed E-state index contributed by atoms with van der Waals surface area (Å²) in [5.74, 6) is 0.826. The third kappa shape index (κ3) is 2.38. The van der Waals surface area contributed by atoms with E-state index in [1.807, 2.05) is 22.8 Å². The van der Waals surface area contributed by atoms with Crippen LogP contribution in [0.4, 0.5) is 0 Å². The highest BCUT2D eigenvalue weighted by Crippen LogP contribution is 2.26. The van der Waals surface area contributed by atoms with Crippen LogP contribution in [0.15, 0.2) is 46.7 Å². The molecule has 0 N–H and O–H groups in total. The highest BCUT2D eigenvalue weighted by atomic mass is 32.1. The van der Waals surface area contributed by atoms with Gasteiger partial charge in [-0.05, 0) is 35.0 Å². The maximum absolute atomic E-state index is 11.2. The molecule has 0 aliphatic carbocycles. The number of hydrogen-bond acceptors (Lipinski definition) is 5. The van der Waals surface area contributed by atoms with Crippen LogP contribution in [0.1, 0.15) is 0 Å². The van der Waals surface area contributed by atoms with E-state index in [9.17, 15) is 4.79 Å². The van der Waals surface area contributed by atoms with E-state index >= 15 is 0 Å². The number of nitrogens with zero attached hydrogens (tertiary/aromatic N) is 2. The van der Waals surface area contributed by atoms with Crippen molar-refractivity contribution in [2.75, 3.05) is 6.61 Å². The highest BCUT2D eigenvalue weighted by molar-refractivity contribution is 7.17. The lowest BCUT2D eigenvalue weighted by molar-refractivity contribution is 0.144. The molecule has 1 atom stereocenters. The van der Waals surface area contributed by atoms with Gasteiger partial charge in [0.25, 0.3) is 11.6 Å². The van der Waals surface area contributed by atoms with Crippen LogP contribution in [-0.4, -0.2) is 22.3 Å². The number of fused-ring (bicyclic) bond motifs is 2. The van der Waals surface area contributed by atoms with Crippen LogP contribution >= 0.6 is 11.3 Å². The Labute approximate surface area is 124 Å². The van der Waals surface area contributed by atoms with Gasteiger partial charge in [0.1, 0.15) is 12.4 Å². The quantitative estimate of drug-likeness (QED) is 0.745. The van der Waals surface area contributed by atoms with Gasteiger partial charge in [0.2, 0.25) is 0 Å². The number of thiophene rings is 1. The van der Waals surface area contributed by atoms with Crippen LogP contribution in [0, 0.1) is 0 Å². The van der Waals surface area contributed by atoms with Gasteiger partial charge >= 0.3 is 0 Å². The van der Waals surface area contributed by atoms with E-state index in [1.54, 1.807) is 17.5 Å². The van der Waals surface area contributed by atoms with Gasteiger partial charge < -0.3 is 9.47 Å². The van der Waals surface area contributed by atoms with E-state index < -0.39 is 0 Å². The molecule has 0 amide bonds. The molecule has 5 nitrogen and oxygen atoms in total. The highest BCUT2D eigenvalue weighted by Gasteiger charge is 2.23. The minimum Gasteiger partial charge on any atom is -0.490 e. The van der Waals surface area contributed by atoms with Gasteiger partial charge in [0.15, 0.2) is 6.10 Å². The average molecular weight is 300 g/mol. The van der Waals surface area contributed by atoms with Crippen molar-refractivity contribution < 1.29 is 9.47 Å². The van der Waals surface area contributed by atoms with Crippen molar-refractivity contribution in [1.29, 1.82) is 0 Å². The molecule has 0 radical (unpaired) electrons. The van der Waals surface area contributed by atoms with Gasteiger partial charge in [-0.25, -0.2) is 0 Å². The van der Waals surface area contributed by atoms with Crippen LogP contribution in [0.3, 0.4) is 0 Å². The normalized spacial score (nSPS) is 16.7. The molecule has 1 aliphatic rings. The molecular weight excluding hydrogens is 288 g/mol. The molecule has 2 aromatic heterocycles. The number of benzene rings is 1. The molecule has 0 fully saturated rings. The average Bonchev–Trinajstić information content (AvgIpc) is 3.09. The molecule has 21 heavy (non-hydrogen) atoms. The fourth-order valence-corrected chi connectivity index (χ4v) is 3.17. The third-order valence-corrected chi connectivity index (χ3v) is 4.26. The third-order valence-electron chi connectivity index (χ3n) is 3.38.